The van der Waals surface area contributed by atoms with Gasteiger partial charge >= 0.3 is 0 Å². The highest BCUT2D eigenvalue weighted by atomic mass is 15.2. The molecule has 2 rings (SSSR count). The first kappa shape index (κ1) is 8.55. The van der Waals surface area contributed by atoms with Crippen molar-refractivity contribution in [3.63, 3.8) is 0 Å². The second kappa shape index (κ2) is 4.27. The fourth-order valence-electron chi connectivity index (χ4n) is 2.48. The second-order valence-corrected chi connectivity index (χ2v) is 4.51. The van der Waals surface area contributed by atoms with Gasteiger partial charge in [-0.1, -0.05) is 25.7 Å². The molecule has 1 saturated carbocycles. The van der Waals surface area contributed by atoms with Gasteiger partial charge in [0.1, 0.15) is 0 Å². The highest BCUT2D eigenvalue weighted by molar-refractivity contribution is 4.74. The van der Waals surface area contributed by atoms with Crippen molar-refractivity contribution in [2.75, 3.05) is 19.6 Å². The Labute approximate surface area is 76.1 Å². The Bertz CT molecular complexity index is 121. The Balaban J connectivity index is 1.69. The molecule has 12 heavy (non-hydrogen) atoms. The summed E-state index contributed by atoms with van der Waals surface area (Å²) in [4.78, 5) is 2.63. The molecule has 1 heteroatoms. The summed E-state index contributed by atoms with van der Waals surface area (Å²) in [5.74, 6) is 1.05. The molecule has 0 aromatic heterocycles. The van der Waals surface area contributed by atoms with Crippen molar-refractivity contribution in [3.8, 4) is 0 Å². The van der Waals surface area contributed by atoms with E-state index in [2.05, 4.69) is 4.90 Å². The van der Waals surface area contributed by atoms with Crippen LogP contribution in [0.2, 0.25) is 0 Å². The van der Waals surface area contributed by atoms with Gasteiger partial charge in [-0.05, 0) is 38.3 Å². The monoisotopic (exact) mass is 167 g/mol. The molecule has 0 atom stereocenters. The smallest absolute Gasteiger partial charge is 0.000967 e. The Morgan fingerprint density at radius 1 is 0.833 bits per heavy atom. The van der Waals surface area contributed by atoms with E-state index in [9.17, 15) is 0 Å². The molecule has 0 bridgehead atoms. The van der Waals surface area contributed by atoms with Gasteiger partial charge in [-0.15, -0.1) is 0 Å². The predicted molar refractivity (Wildman–Crippen MR) is 52.2 cm³/mol. The maximum absolute atomic E-state index is 2.63. The summed E-state index contributed by atoms with van der Waals surface area (Å²) < 4.78 is 0. The normalized spacial score (nSPS) is 28.0. The second-order valence-electron chi connectivity index (χ2n) is 4.51. The molecular weight excluding hydrogens is 146 g/mol. The topological polar surface area (TPSA) is 3.24 Å². The molecule has 1 heterocycles. The van der Waals surface area contributed by atoms with E-state index in [0.29, 0.717) is 0 Å². The molecule has 0 N–H and O–H groups in total. The third-order valence-corrected chi connectivity index (χ3v) is 3.44. The minimum atomic E-state index is 1.05. The van der Waals surface area contributed by atoms with E-state index < -0.39 is 0 Å². The Morgan fingerprint density at radius 3 is 2.00 bits per heavy atom. The summed E-state index contributed by atoms with van der Waals surface area (Å²) in [6.07, 6.45) is 10.5. The molecule has 0 amide bonds. The molecule has 1 saturated heterocycles. The number of hydrogen-bond acceptors (Lipinski definition) is 1. The van der Waals surface area contributed by atoms with Crippen molar-refractivity contribution in [2.45, 2.75) is 44.9 Å². The summed E-state index contributed by atoms with van der Waals surface area (Å²) in [6.45, 7) is 4.19. The lowest BCUT2D eigenvalue weighted by Crippen LogP contribution is -2.40. The quantitative estimate of drug-likeness (QED) is 0.571. The van der Waals surface area contributed by atoms with E-state index in [4.69, 9.17) is 0 Å². The highest BCUT2D eigenvalue weighted by Gasteiger charge is 2.19. The molecule has 0 aromatic rings. The fourth-order valence-corrected chi connectivity index (χ4v) is 2.48. The molecule has 1 aliphatic carbocycles. The van der Waals surface area contributed by atoms with Crippen LogP contribution in [-0.4, -0.2) is 24.5 Å². The van der Waals surface area contributed by atoms with E-state index in [1.54, 1.807) is 0 Å². The zero-order chi connectivity index (χ0) is 8.23. The van der Waals surface area contributed by atoms with Gasteiger partial charge in [0.15, 0.2) is 0 Å². The van der Waals surface area contributed by atoms with Crippen LogP contribution >= 0.6 is 0 Å². The van der Waals surface area contributed by atoms with Crippen molar-refractivity contribution >= 4 is 0 Å². The molecule has 1 aliphatic heterocycles. The third kappa shape index (κ3) is 2.22. The third-order valence-electron chi connectivity index (χ3n) is 3.44. The molecule has 2 fully saturated rings. The maximum atomic E-state index is 2.63. The Hall–Kier alpha value is -0.0400. The zero-order valence-corrected chi connectivity index (χ0v) is 8.10. The van der Waals surface area contributed by atoms with E-state index in [-0.39, 0.29) is 0 Å². The van der Waals surface area contributed by atoms with Crippen LogP contribution in [0.3, 0.4) is 0 Å². The molecule has 0 aromatic carbocycles. The van der Waals surface area contributed by atoms with Crippen molar-refractivity contribution in [2.24, 2.45) is 5.92 Å². The van der Waals surface area contributed by atoms with Gasteiger partial charge in [0.05, 0.1) is 0 Å². The van der Waals surface area contributed by atoms with Crippen molar-refractivity contribution in [1.82, 2.24) is 4.90 Å². The van der Waals surface area contributed by atoms with Crippen LogP contribution in [0.15, 0.2) is 0 Å². The lowest BCUT2D eigenvalue weighted by Gasteiger charge is -2.33. The molecular formula is C11H21N. The van der Waals surface area contributed by atoms with Crippen LogP contribution in [0, 0.1) is 5.92 Å². The van der Waals surface area contributed by atoms with Crippen LogP contribution in [-0.2, 0) is 0 Å². The first-order chi connectivity index (χ1) is 5.95. The first-order valence-electron chi connectivity index (χ1n) is 5.67. The SMILES string of the molecule is C1CCCC(CN2CCC2)CC1. The lowest BCUT2D eigenvalue weighted by atomic mass is 9.98. The number of hydrogen-bond donors (Lipinski definition) is 0. The minimum absolute atomic E-state index is 1.05. The van der Waals surface area contributed by atoms with Crippen LogP contribution < -0.4 is 0 Å². The van der Waals surface area contributed by atoms with Gasteiger partial charge in [-0.2, -0.15) is 0 Å². The van der Waals surface area contributed by atoms with E-state index in [1.807, 2.05) is 0 Å². The Morgan fingerprint density at radius 2 is 1.50 bits per heavy atom. The van der Waals surface area contributed by atoms with Crippen molar-refractivity contribution < 1.29 is 0 Å². The zero-order valence-electron chi connectivity index (χ0n) is 8.10. The van der Waals surface area contributed by atoms with Gasteiger partial charge in [-0.25, -0.2) is 0 Å². The number of likely N-dealkylation sites (tertiary alicyclic amines) is 1. The lowest BCUT2D eigenvalue weighted by molar-refractivity contribution is 0.146. The summed E-state index contributed by atoms with van der Waals surface area (Å²) in [6, 6.07) is 0. The molecule has 0 spiro atoms. The van der Waals surface area contributed by atoms with Gasteiger partial charge in [0.25, 0.3) is 0 Å². The van der Waals surface area contributed by atoms with Crippen LogP contribution in [0.1, 0.15) is 44.9 Å². The minimum Gasteiger partial charge on any atom is -0.303 e. The van der Waals surface area contributed by atoms with E-state index in [1.165, 1.54) is 64.6 Å². The van der Waals surface area contributed by atoms with Gasteiger partial charge in [-0.3, -0.25) is 0 Å². The highest BCUT2D eigenvalue weighted by Crippen LogP contribution is 2.24. The van der Waals surface area contributed by atoms with Crippen LogP contribution in [0.5, 0.6) is 0 Å². The van der Waals surface area contributed by atoms with Crippen LogP contribution in [0.4, 0.5) is 0 Å². The Kier molecular flexibility index (Phi) is 3.04. The fraction of sp³-hybridized carbons (Fsp3) is 1.00. The molecule has 0 unspecified atom stereocenters. The summed E-state index contributed by atoms with van der Waals surface area (Å²) in [5.41, 5.74) is 0. The largest absolute Gasteiger partial charge is 0.303 e. The first-order valence-corrected chi connectivity index (χ1v) is 5.67. The average Bonchev–Trinajstić information content (AvgIpc) is 2.24. The van der Waals surface area contributed by atoms with Crippen LogP contribution in [0.25, 0.3) is 0 Å². The van der Waals surface area contributed by atoms with Crippen molar-refractivity contribution in [3.05, 3.63) is 0 Å². The molecule has 1 nitrogen and oxygen atoms in total. The van der Waals surface area contributed by atoms with Crippen molar-refractivity contribution in [1.29, 1.82) is 0 Å². The molecule has 2 aliphatic rings. The molecule has 0 radical (unpaired) electrons. The summed E-state index contributed by atoms with van der Waals surface area (Å²) in [7, 11) is 0. The van der Waals surface area contributed by atoms with E-state index >= 15 is 0 Å². The van der Waals surface area contributed by atoms with Gasteiger partial charge in [0.2, 0.25) is 0 Å². The standard InChI is InChI=1S/C11H21N/c1-2-4-7-11(6-3-1)10-12-8-5-9-12/h11H,1-10H2. The predicted octanol–water partition coefficient (Wildman–Crippen LogP) is 2.66. The number of rotatable bonds is 2. The van der Waals surface area contributed by atoms with E-state index in [0.717, 1.165) is 5.92 Å². The average molecular weight is 167 g/mol. The van der Waals surface area contributed by atoms with Gasteiger partial charge < -0.3 is 4.90 Å². The summed E-state index contributed by atoms with van der Waals surface area (Å²) in [5, 5.41) is 0. The van der Waals surface area contributed by atoms with Gasteiger partial charge in [0, 0.05) is 6.54 Å². The summed E-state index contributed by atoms with van der Waals surface area (Å²) >= 11 is 0. The maximum Gasteiger partial charge on any atom is 0.000967 e. The number of nitrogens with zero attached hydrogens (tertiary/aromatic N) is 1. The molecule has 70 valence electrons.